The van der Waals surface area contributed by atoms with Crippen LogP contribution in [0.5, 0.6) is 0 Å². The van der Waals surface area contributed by atoms with E-state index in [9.17, 15) is 9.18 Å². The van der Waals surface area contributed by atoms with E-state index in [1.807, 2.05) is 4.57 Å². The van der Waals surface area contributed by atoms with Gasteiger partial charge in [-0.15, -0.1) is 10.2 Å². The molecule has 1 aromatic heterocycles. The van der Waals surface area contributed by atoms with Gasteiger partial charge in [-0.05, 0) is 63.0 Å². The first-order chi connectivity index (χ1) is 13.7. The minimum absolute atomic E-state index is 0.0636. The van der Waals surface area contributed by atoms with Crippen LogP contribution in [0.1, 0.15) is 44.3 Å². The number of hydrogen-bond donors (Lipinski definition) is 1. The summed E-state index contributed by atoms with van der Waals surface area (Å²) in [4.78, 5) is 14.8. The number of thioether (sulfide) groups is 1. The van der Waals surface area contributed by atoms with E-state index in [2.05, 4.69) is 20.4 Å². The fourth-order valence-corrected chi connectivity index (χ4v) is 4.93. The van der Waals surface area contributed by atoms with Crippen LogP contribution in [0.3, 0.4) is 0 Å². The maximum Gasteiger partial charge on any atom is 0.233 e. The fraction of sp³-hybridized carbons (Fsp3) is 0.550. The number of halogens is 1. The Balaban J connectivity index is 1.63. The van der Waals surface area contributed by atoms with Crippen molar-refractivity contribution in [3.05, 3.63) is 35.9 Å². The third kappa shape index (κ3) is 4.55. The first kappa shape index (κ1) is 19.4. The number of likely N-dealkylation sites (tertiary alicyclic amines) is 1. The van der Waals surface area contributed by atoms with Crippen molar-refractivity contribution >= 4 is 17.7 Å². The molecule has 1 aromatic carbocycles. The standard InChI is InChI=1S/C20H26FN5OS/c21-15-7-9-16(10-8-15)26-18(14-25-12-4-1-5-13-25)23-24-20(26)28-17-6-2-3-11-22-19(17)27/h7-10,17H,1-6,11-14H2,(H,22,27). The SMILES string of the molecule is O=C1NCCCCC1Sc1nnc(CN2CCCCC2)n1-c1ccc(F)cc1. The Morgan fingerprint density at radius 3 is 2.64 bits per heavy atom. The van der Waals surface area contributed by atoms with Crippen molar-refractivity contribution < 1.29 is 9.18 Å². The van der Waals surface area contributed by atoms with Gasteiger partial charge in [-0.25, -0.2) is 4.39 Å². The number of carbonyl (C=O) groups excluding carboxylic acids is 1. The van der Waals surface area contributed by atoms with E-state index in [1.54, 1.807) is 12.1 Å². The predicted molar refractivity (Wildman–Crippen MR) is 107 cm³/mol. The van der Waals surface area contributed by atoms with E-state index in [4.69, 9.17) is 0 Å². The molecule has 1 atom stereocenters. The Hall–Kier alpha value is -1.93. The fourth-order valence-electron chi connectivity index (χ4n) is 3.80. The van der Waals surface area contributed by atoms with Gasteiger partial charge in [0.15, 0.2) is 11.0 Å². The molecule has 1 amide bonds. The third-order valence-corrected chi connectivity index (χ3v) is 6.54. The Morgan fingerprint density at radius 2 is 1.86 bits per heavy atom. The second kappa shape index (κ2) is 9.05. The molecule has 2 aliphatic rings. The summed E-state index contributed by atoms with van der Waals surface area (Å²) in [5.74, 6) is 0.630. The zero-order valence-corrected chi connectivity index (χ0v) is 16.8. The zero-order valence-electron chi connectivity index (χ0n) is 15.9. The van der Waals surface area contributed by atoms with Crippen molar-refractivity contribution in [1.29, 1.82) is 0 Å². The van der Waals surface area contributed by atoms with Gasteiger partial charge in [0.25, 0.3) is 0 Å². The Morgan fingerprint density at radius 1 is 1.07 bits per heavy atom. The van der Waals surface area contributed by atoms with Crippen LogP contribution < -0.4 is 5.32 Å². The number of carbonyl (C=O) groups is 1. The number of nitrogens with one attached hydrogen (secondary N) is 1. The van der Waals surface area contributed by atoms with Crippen LogP contribution >= 0.6 is 11.8 Å². The average molecular weight is 404 g/mol. The van der Waals surface area contributed by atoms with E-state index in [0.29, 0.717) is 11.7 Å². The van der Waals surface area contributed by atoms with Gasteiger partial charge in [0, 0.05) is 12.2 Å². The molecule has 3 heterocycles. The Bertz CT molecular complexity index is 803. The van der Waals surface area contributed by atoms with Crippen LogP contribution in [0.25, 0.3) is 5.69 Å². The topological polar surface area (TPSA) is 63.1 Å². The Kier molecular flexibility index (Phi) is 6.26. The molecule has 0 bridgehead atoms. The molecule has 2 aromatic rings. The van der Waals surface area contributed by atoms with Crippen molar-refractivity contribution in [1.82, 2.24) is 25.0 Å². The summed E-state index contributed by atoms with van der Waals surface area (Å²) in [6.07, 6.45) is 6.53. The molecule has 150 valence electrons. The smallest absolute Gasteiger partial charge is 0.233 e. The minimum Gasteiger partial charge on any atom is -0.355 e. The monoisotopic (exact) mass is 403 g/mol. The second-order valence-corrected chi connectivity index (χ2v) is 8.61. The van der Waals surface area contributed by atoms with Crippen LogP contribution in [-0.4, -0.2) is 50.5 Å². The van der Waals surface area contributed by atoms with Crippen LogP contribution in [0.15, 0.2) is 29.4 Å². The summed E-state index contributed by atoms with van der Waals surface area (Å²) >= 11 is 1.46. The number of benzene rings is 1. The first-order valence-corrected chi connectivity index (χ1v) is 11.0. The second-order valence-electron chi connectivity index (χ2n) is 7.44. The highest BCUT2D eigenvalue weighted by molar-refractivity contribution is 8.00. The van der Waals surface area contributed by atoms with Crippen molar-refractivity contribution in [2.24, 2.45) is 0 Å². The summed E-state index contributed by atoms with van der Waals surface area (Å²) in [6, 6.07) is 6.39. The van der Waals surface area contributed by atoms with Gasteiger partial charge < -0.3 is 5.32 Å². The lowest BCUT2D eigenvalue weighted by molar-refractivity contribution is -0.120. The lowest BCUT2D eigenvalue weighted by atomic mass is 10.1. The summed E-state index contributed by atoms with van der Waals surface area (Å²) < 4.78 is 15.4. The highest BCUT2D eigenvalue weighted by Gasteiger charge is 2.26. The molecule has 1 N–H and O–H groups in total. The molecule has 28 heavy (non-hydrogen) atoms. The van der Waals surface area contributed by atoms with Gasteiger partial charge in [0.1, 0.15) is 5.82 Å². The molecule has 6 nitrogen and oxygen atoms in total. The predicted octanol–water partition coefficient (Wildman–Crippen LogP) is 3.15. The molecular formula is C20H26FN5OS. The molecule has 8 heteroatoms. The zero-order chi connectivity index (χ0) is 19.3. The molecule has 4 rings (SSSR count). The van der Waals surface area contributed by atoms with Crippen LogP contribution in [0, 0.1) is 5.82 Å². The highest BCUT2D eigenvalue weighted by atomic mass is 32.2. The first-order valence-electron chi connectivity index (χ1n) is 10.1. The lowest BCUT2D eigenvalue weighted by Gasteiger charge is -2.26. The van der Waals surface area contributed by atoms with Gasteiger partial charge in [-0.2, -0.15) is 0 Å². The van der Waals surface area contributed by atoms with E-state index in [-0.39, 0.29) is 17.0 Å². The van der Waals surface area contributed by atoms with E-state index in [1.165, 1.54) is 43.2 Å². The summed E-state index contributed by atoms with van der Waals surface area (Å²) in [5.41, 5.74) is 0.829. The van der Waals surface area contributed by atoms with Gasteiger partial charge in [-0.3, -0.25) is 14.3 Å². The van der Waals surface area contributed by atoms with Crippen molar-refractivity contribution in [3.63, 3.8) is 0 Å². The molecule has 0 radical (unpaired) electrons. The third-order valence-electron chi connectivity index (χ3n) is 5.33. The summed E-state index contributed by atoms with van der Waals surface area (Å²) in [5, 5.41) is 12.4. The van der Waals surface area contributed by atoms with Crippen LogP contribution in [0.4, 0.5) is 4.39 Å². The maximum absolute atomic E-state index is 13.5. The molecular weight excluding hydrogens is 377 g/mol. The number of piperidine rings is 1. The average Bonchev–Trinajstić information content (AvgIpc) is 2.98. The van der Waals surface area contributed by atoms with Crippen molar-refractivity contribution in [2.75, 3.05) is 19.6 Å². The molecule has 2 aliphatic heterocycles. The van der Waals surface area contributed by atoms with E-state index >= 15 is 0 Å². The van der Waals surface area contributed by atoms with E-state index < -0.39 is 0 Å². The number of amides is 1. The van der Waals surface area contributed by atoms with Gasteiger partial charge in [0.2, 0.25) is 5.91 Å². The maximum atomic E-state index is 13.5. The lowest BCUT2D eigenvalue weighted by Crippen LogP contribution is -2.31. The molecule has 2 fully saturated rings. The minimum atomic E-state index is -0.272. The molecule has 0 spiro atoms. The summed E-state index contributed by atoms with van der Waals surface area (Å²) in [6.45, 7) is 3.57. The number of nitrogens with zero attached hydrogens (tertiary/aromatic N) is 4. The van der Waals surface area contributed by atoms with Gasteiger partial charge in [-0.1, -0.05) is 24.6 Å². The van der Waals surface area contributed by atoms with Gasteiger partial charge in [0.05, 0.1) is 11.8 Å². The van der Waals surface area contributed by atoms with Crippen LogP contribution in [-0.2, 0) is 11.3 Å². The van der Waals surface area contributed by atoms with Crippen molar-refractivity contribution in [2.45, 2.75) is 55.5 Å². The Labute approximate surface area is 168 Å². The van der Waals surface area contributed by atoms with Crippen molar-refractivity contribution in [3.8, 4) is 5.69 Å². The number of rotatable bonds is 5. The highest BCUT2D eigenvalue weighted by Crippen LogP contribution is 2.30. The molecule has 0 aliphatic carbocycles. The number of aromatic nitrogens is 3. The molecule has 0 saturated carbocycles. The normalized spacial score (nSPS) is 21.3. The number of hydrogen-bond acceptors (Lipinski definition) is 5. The molecule has 1 unspecified atom stereocenters. The molecule has 2 saturated heterocycles. The van der Waals surface area contributed by atoms with E-state index in [0.717, 1.165) is 50.4 Å². The quantitative estimate of drug-likeness (QED) is 0.831. The summed E-state index contributed by atoms with van der Waals surface area (Å²) in [7, 11) is 0. The van der Waals surface area contributed by atoms with Gasteiger partial charge >= 0.3 is 0 Å². The van der Waals surface area contributed by atoms with Crippen LogP contribution in [0.2, 0.25) is 0 Å². The largest absolute Gasteiger partial charge is 0.355 e.